The second-order valence-corrected chi connectivity index (χ2v) is 6.06. The fourth-order valence-corrected chi connectivity index (χ4v) is 2.97. The highest BCUT2D eigenvalue weighted by molar-refractivity contribution is 5.92. The van der Waals surface area contributed by atoms with E-state index in [1.807, 2.05) is 0 Å². The lowest BCUT2D eigenvalue weighted by Crippen LogP contribution is -2.55. The second kappa shape index (κ2) is 7.43. The van der Waals surface area contributed by atoms with Crippen molar-refractivity contribution in [2.24, 2.45) is 5.92 Å². The van der Waals surface area contributed by atoms with E-state index in [2.05, 4.69) is 16.0 Å². The number of piperidine rings is 1. The Morgan fingerprint density at radius 3 is 2.52 bits per heavy atom. The van der Waals surface area contributed by atoms with Crippen molar-refractivity contribution in [1.82, 2.24) is 16.0 Å². The Hall–Kier alpha value is -1.59. The molecule has 3 amide bonds. The van der Waals surface area contributed by atoms with E-state index in [9.17, 15) is 14.4 Å². The lowest BCUT2D eigenvalue weighted by Gasteiger charge is -2.26. The number of nitrogens with one attached hydrogen (secondary N) is 3. The molecule has 2 aliphatic rings. The molecule has 2 fully saturated rings. The summed E-state index contributed by atoms with van der Waals surface area (Å²) < 4.78 is 0. The van der Waals surface area contributed by atoms with Crippen LogP contribution in [-0.2, 0) is 14.4 Å². The summed E-state index contributed by atoms with van der Waals surface area (Å²) in [6.07, 6.45) is 6.69. The first-order valence-electron chi connectivity index (χ1n) is 7.96. The second-order valence-electron chi connectivity index (χ2n) is 6.06. The number of carbonyl (C=O) groups excluding carboxylic acids is 3. The van der Waals surface area contributed by atoms with Crippen LogP contribution in [0.4, 0.5) is 0 Å². The highest BCUT2D eigenvalue weighted by atomic mass is 16.2. The third kappa shape index (κ3) is 4.44. The maximum atomic E-state index is 12.1. The largest absolute Gasteiger partial charge is 0.354 e. The zero-order valence-corrected chi connectivity index (χ0v) is 12.6. The summed E-state index contributed by atoms with van der Waals surface area (Å²) in [5, 5.41) is 8.21. The Labute approximate surface area is 125 Å². The number of rotatable bonds is 4. The SMILES string of the molecule is CC(NC(=O)C1CCCCC1)C(=O)NC1CCCNC1=O. The van der Waals surface area contributed by atoms with Gasteiger partial charge >= 0.3 is 0 Å². The summed E-state index contributed by atoms with van der Waals surface area (Å²) in [5.74, 6) is -0.431. The molecule has 6 nitrogen and oxygen atoms in total. The number of carbonyl (C=O) groups is 3. The monoisotopic (exact) mass is 295 g/mol. The normalized spacial score (nSPS) is 24.8. The van der Waals surface area contributed by atoms with Crippen molar-refractivity contribution in [2.75, 3.05) is 6.54 Å². The van der Waals surface area contributed by atoms with Crippen molar-refractivity contribution in [3.8, 4) is 0 Å². The molecular formula is C15H25N3O3. The van der Waals surface area contributed by atoms with Crippen molar-refractivity contribution >= 4 is 17.7 Å². The van der Waals surface area contributed by atoms with Crippen molar-refractivity contribution in [1.29, 1.82) is 0 Å². The van der Waals surface area contributed by atoms with E-state index in [1.165, 1.54) is 6.42 Å². The average Bonchev–Trinajstić information content (AvgIpc) is 2.50. The highest BCUT2D eigenvalue weighted by Crippen LogP contribution is 2.23. The number of hydrogen-bond acceptors (Lipinski definition) is 3. The zero-order chi connectivity index (χ0) is 15.2. The summed E-state index contributed by atoms with van der Waals surface area (Å²) >= 11 is 0. The van der Waals surface area contributed by atoms with Crippen LogP contribution < -0.4 is 16.0 Å². The molecule has 1 saturated carbocycles. The molecule has 0 aromatic rings. The minimum Gasteiger partial charge on any atom is -0.354 e. The Bertz CT molecular complexity index is 405. The van der Waals surface area contributed by atoms with Gasteiger partial charge in [0.25, 0.3) is 0 Å². The predicted octanol–water partition coefficient (Wildman–Crippen LogP) is 0.466. The Morgan fingerprint density at radius 2 is 1.86 bits per heavy atom. The van der Waals surface area contributed by atoms with Gasteiger partial charge in [0.15, 0.2) is 0 Å². The van der Waals surface area contributed by atoms with Crippen molar-refractivity contribution in [2.45, 2.75) is 64.0 Å². The van der Waals surface area contributed by atoms with Crippen LogP contribution in [-0.4, -0.2) is 36.3 Å². The van der Waals surface area contributed by atoms with Gasteiger partial charge in [0.05, 0.1) is 0 Å². The van der Waals surface area contributed by atoms with Gasteiger partial charge < -0.3 is 16.0 Å². The molecular weight excluding hydrogens is 270 g/mol. The van der Waals surface area contributed by atoms with E-state index in [0.29, 0.717) is 13.0 Å². The van der Waals surface area contributed by atoms with Crippen molar-refractivity contribution in [3.05, 3.63) is 0 Å². The predicted molar refractivity (Wildman–Crippen MR) is 78.4 cm³/mol. The first-order valence-corrected chi connectivity index (χ1v) is 7.96. The fourth-order valence-electron chi connectivity index (χ4n) is 2.97. The summed E-state index contributed by atoms with van der Waals surface area (Å²) in [6.45, 7) is 2.33. The maximum absolute atomic E-state index is 12.1. The number of hydrogen-bond donors (Lipinski definition) is 3. The van der Waals surface area contributed by atoms with E-state index in [-0.39, 0.29) is 23.6 Å². The lowest BCUT2D eigenvalue weighted by molar-refractivity contribution is -0.133. The van der Waals surface area contributed by atoms with Crippen LogP contribution in [0.3, 0.4) is 0 Å². The zero-order valence-electron chi connectivity index (χ0n) is 12.6. The third-order valence-electron chi connectivity index (χ3n) is 4.33. The van der Waals surface area contributed by atoms with Crippen molar-refractivity contribution < 1.29 is 14.4 Å². The molecule has 6 heteroatoms. The molecule has 0 aromatic heterocycles. The molecule has 2 rings (SSSR count). The minimum absolute atomic E-state index is 0.0342. The van der Waals surface area contributed by atoms with Gasteiger partial charge in [0.2, 0.25) is 17.7 Å². The van der Waals surface area contributed by atoms with Crippen LogP contribution in [0.1, 0.15) is 51.9 Å². The van der Waals surface area contributed by atoms with Crippen LogP contribution in [0.25, 0.3) is 0 Å². The van der Waals surface area contributed by atoms with Crippen molar-refractivity contribution in [3.63, 3.8) is 0 Å². The first-order chi connectivity index (χ1) is 10.1. The summed E-state index contributed by atoms with van der Waals surface area (Å²) in [5.41, 5.74) is 0. The van der Waals surface area contributed by atoms with Gasteiger partial charge in [-0.2, -0.15) is 0 Å². The van der Waals surface area contributed by atoms with Gasteiger partial charge in [-0.15, -0.1) is 0 Å². The minimum atomic E-state index is -0.603. The van der Waals surface area contributed by atoms with E-state index < -0.39 is 12.1 Å². The molecule has 21 heavy (non-hydrogen) atoms. The molecule has 118 valence electrons. The summed E-state index contributed by atoms with van der Waals surface area (Å²) in [4.78, 5) is 35.8. The van der Waals surface area contributed by atoms with Gasteiger partial charge in [0.1, 0.15) is 12.1 Å². The third-order valence-corrected chi connectivity index (χ3v) is 4.33. The summed E-state index contributed by atoms with van der Waals surface area (Å²) in [6, 6.07) is -1.07. The van der Waals surface area contributed by atoms with Crippen LogP contribution >= 0.6 is 0 Å². The molecule has 1 saturated heterocycles. The fraction of sp³-hybridized carbons (Fsp3) is 0.800. The first kappa shape index (κ1) is 15.8. The van der Waals surface area contributed by atoms with Gasteiger partial charge in [-0.3, -0.25) is 14.4 Å². The van der Waals surface area contributed by atoms with Gasteiger partial charge in [-0.25, -0.2) is 0 Å². The molecule has 2 unspecified atom stereocenters. The molecule has 3 N–H and O–H groups in total. The molecule has 0 aromatic carbocycles. The molecule has 0 spiro atoms. The van der Waals surface area contributed by atoms with E-state index >= 15 is 0 Å². The van der Waals surface area contributed by atoms with Crippen LogP contribution in [0.15, 0.2) is 0 Å². The molecule has 1 aliphatic heterocycles. The molecule has 2 atom stereocenters. The van der Waals surface area contributed by atoms with Gasteiger partial charge in [0, 0.05) is 12.5 Å². The quantitative estimate of drug-likeness (QED) is 0.704. The molecule has 1 aliphatic carbocycles. The molecule has 0 radical (unpaired) electrons. The highest BCUT2D eigenvalue weighted by Gasteiger charge is 2.28. The van der Waals surface area contributed by atoms with Crippen LogP contribution in [0, 0.1) is 5.92 Å². The standard InChI is InChI=1S/C15H25N3O3/c1-10(17-14(20)11-6-3-2-4-7-11)13(19)18-12-8-5-9-16-15(12)21/h10-12H,2-9H2,1H3,(H,16,21)(H,17,20)(H,18,19). The van der Waals surface area contributed by atoms with Crippen LogP contribution in [0.5, 0.6) is 0 Å². The van der Waals surface area contributed by atoms with Gasteiger partial charge in [-0.05, 0) is 32.6 Å². The number of amides is 3. The van der Waals surface area contributed by atoms with E-state index in [4.69, 9.17) is 0 Å². The molecule has 1 heterocycles. The van der Waals surface area contributed by atoms with E-state index in [1.54, 1.807) is 6.92 Å². The smallest absolute Gasteiger partial charge is 0.242 e. The lowest BCUT2D eigenvalue weighted by atomic mass is 9.88. The van der Waals surface area contributed by atoms with Crippen LogP contribution in [0.2, 0.25) is 0 Å². The topological polar surface area (TPSA) is 87.3 Å². The van der Waals surface area contributed by atoms with Gasteiger partial charge in [-0.1, -0.05) is 19.3 Å². The Morgan fingerprint density at radius 1 is 1.14 bits per heavy atom. The Kier molecular flexibility index (Phi) is 5.59. The van der Waals surface area contributed by atoms with E-state index in [0.717, 1.165) is 32.1 Å². The average molecular weight is 295 g/mol. The Balaban J connectivity index is 1.78. The molecule has 0 bridgehead atoms. The maximum Gasteiger partial charge on any atom is 0.242 e. The summed E-state index contributed by atoms with van der Waals surface area (Å²) in [7, 11) is 0.